The Kier molecular flexibility index (Phi) is 4.59. The zero-order valence-corrected chi connectivity index (χ0v) is 11.5. The average Bonchev–Trinajstić information content (AvgIpc) is 2.38. The summed E-state index contributed by atoms with van der Waals surface area (Å²) in [6.07, 6.45) is -2.74. The van der Waals surface area contributed by atoms with Crippen LogP contribution in [0.15, 0.2) is 23.1 Å². The van der Waals surface area contributed by atoms with Crippen molar-refractivity contribution in [1.29, 1.82) is 5.41 Å². The number of nitrogen functional groups attached to an aromatic ring is 1. The van der Waals surface area contributed by atoms with E-state index in [1.54, 1.807) is 0 Å². The maximum absolute atomic E-state index is 12.8. The Morgan fingerprint density at radius 3 is 2.50 bits per heavy atom. The van der Waals surface area contributed by atoms with Gasteiger partial charge in [0, 0.05) is 28.9 Å². The molecule has 1 aromatic carbocycles. The summed E-state index contributed by atoms with van der Waals surface area (Å²) in [5.74, 6) is -0.563. The molecule has 0 aliphatic carbocycles. The topological polar surface area (TPSA) is 59.1 Å². The molecule has 1 fully saturated rings. The fraction of sp³-hybridized carbons (Fsp3) is 0.462. The second kappa shape index (κ2) is 6.05. The molecule has 0 radical (unpaired) electrons. The highest BCUT2D eigenvalue weighted by molar-refractivity contribution is 8.00. The number of benzene rings is 1. The molecule has 0 bridgehead atoms. The van der Waals surface area contributed by atoms with Gasteiger partial charge in [-0.2, -0.15) is 13.2 Å². The van der Waals surface area contributed by atoms with E-state index in [1.807, 2.05) is 0 Å². The van der Waals surface area contributed by atoms with E-state index in [9.17, 15) is 13.2 Å². The first-order chi connectivity index (χ1) is 9.38. The molecule has 20 heavy (non-hydrogen) atoms. The van der Waals surface area contributed by atoms with E-state index in [2.05, 4.69) is 0 Å². The van der Waals surface area contributed by atoms with Crippen molar-refractivity contribution >= 4 is 17.6 Å². The van der Waals surface area contributed by atoms with Crippen LogP contribution in [0.25, 0.3) is 0 Å². The second-order valence-corrected chi connectivity index (χ2v) is 5.92. The summed E-state index contributed by atoms with van der Waals surface area (Å²) in [7, 11) is 0. The highest BCUT2D eigenvalue weighted by Crippen LogP contribution is 2.36. The largest absolute Gasteiger partial charge is 0.417 e. The number of thioether (sulfide) groups is 1. The Morgan fingerprint density at radius 1 is 1.30 bits per heavy atom. The van der Waals surface area contributed by atoms with Gasteiger partial charge in [-0.25, -0.2) is 0 Å². The zero-order valence-electron chi connectivity index (χ0n) is 10.7. The number of nitrogens with one attached hydrogen (secondary N) is 1. The molecule has 0 aromatic heterocycles. The number of hydrogen-bond donors (Lipinski definition) is 2. The predicted octanol–water partition coefficient (Wildman–Crippen LogP) is 3.26. The molecule has 1 saturated heterocycles. The van der Waals surface area contributed by atoms with Gasteiger partial charge in [0.15, 0.2) is 0 Å². The summed E-state index contributed by atoms with van der Waals surface area (Å²) in [4.78, 5) is 0.704. The van der Waals surface area contributed by atoms with E-state index in [-0.39, 0.29) is 5.56 Å². The molecule has 3 nitrogen and oxygen atoms in total. The molecule has 1 aliphatic heterocycles. The van der Waals surface area contributed by atoms with Crippen molar-refractivity contribution in [2.24, 2.45) is 5.73 Å². The second-order valence-electron chi connectivity index (χ2n) is 4.55. The van der Waals surface area contributed by atoms with Crippen molar-refractivity contribution in [3.05, 3.63) is 29.3 Å². The molecule has 1 heterocycles. The lowest BCUT2D eigenvalue weighted by Gasteiger charge is -2.22. The summed E-state index contributed by atoms with van der Waals surface area (Å²) in [6, 6.07) is 3.79. The molecule has 110 valence electrons. The molecule has 2 rings (SSSR count). The summed E-state index contributed by atoms with van der Waals surface area (Å²) >= 11 is 1.52. The molecule has 0 atom stereocenters. The number of amidine groups is 1. The van der Waals surface area contributed by atoms with Crippen LogP contribution in [-0.2, 0) is 10.9 Å². The number of halogens is 3. The Hall–Kier alpha value is -1.21. The van der Waals surface area contributed by atoms with Crippen LogP contribution >= 0.6 is 11.8 Å². The van der Waals surface area contributed by atoms with Gasteiger partial charge >= 0.3 is 6.18 Å². The van der Waals surface area contributed by atoms with E-state index in [0.717, 1.165) is 18.9 Å². The monoisotopic (exact) mass is 304 g/mol. The summed E-state index contributed by atoms with van der Waals surface area (Å²) < 4.78 is 43.7. The van der Waals surface area contributed by atoms with E-state index >= 15 is 0 Å². The van der Waals surface area contributed by atoms with Crippen molar-refractivity contribution < 1.29 is 17.9 Å². The third-order valence-corrected chi connectivity index (χ3v) is 4.39. The number of nitrogens with two attached hydrogens (primary N) is 1. The Labute approximate surface area is 119 Å². The normalized spacial score (nSPS) is 17.1. The number of alkyl halides is 3. The fourth-order valence-corrected chi connectivity index (χ4v) is 3.20. The van der Waals surface area contributed by atoms with Crippen LogP contribution in [0.2, 0.25) is 0 Å². The minimum Gasteiger partial charge on any atom is -0.384 e. The molecule has 1 aromatic rings. The molecule has 0 saturated carbocycles. The van der Waals surface area contributed by atoms with Crippen LogP contribution in [0.3, 0.4) is 0 Å². The predicted molar refractivity (Wildman–Crippen MR) is 72.2 cm³/mol. The molecule has 0 unspecified atom stereocenters. The lowest BCUT2D eigenvalue weighted by Crippen LogP contribution is -2.20. The van der Waals surface area contributed by atoms with Crippen molar-refractivity contribution in [2.75, 3.05) is 13.2 Å². The van der Waals surface area contributed by atoms with Crippen LogP contribution in [-0.4, -0.2) is 24.3 Å². The molecular formula is C13H15F3N2OS. The van der Waals surface area contributed by atoms with Crippen LogP contribution < -0.4 is 5.73 Å². The van der Waals surface area contributed by atoms with Gasteiger partial charge in [0.25, 0.3) is 0 Å². The number of ether oxygens (including phenoxy) is 1. The van der Waals surface area contributed by atoms with Crippen molar-refractivity contribution in [1.82, 2.24) is 0 Å². The first kappa shape index (κ1) is 15.2. The number of rotatable bonds is 3. The third kappa shape index (κ3) is 3.67. The first-order valence-electron chi connectivity index (χ1n) is 6.18. The highest BCUT2D eigenvalue weighted by Gasteiger charge is 2.34. The van der Waals surface area contributed by atoms with Crippen LogP contribution in [0.4, 0.5) is 13.2 Å². The average molecular weight is 304 g/mol. The highest BCUT2D eigenvalue weighted by atomic mass is 32.2. The summed E-state index contributed by atoms with van der Waals surface area (Å²) in [5, 5.41) is 7.65. The maximum Gasteiger partial charge on any atom is 0.417 e. The summed E-state index contributed by atoms with van der Waals surface area (Å²) in [6.45, 7) is 1.36. The van der Waals surface area contributed by atoms with Crippen molar-refractivity contribution in [2.45, 2.75) is 29.2 Å². The molecule has 7 heteroatoms. The van der Waals surface area contributed by atoms with Gasteiger partial charge in [-0.3, -0.25) is 5.41 Å². The van der Waals surface area contributed by atoms with Gasteiger partial charge in [-0.15, -0.1) is 11.8 Å². The van der Waals surface area contributed by atoms with Gasteiger partial charge in [0.05, 0.1) is 5.56 Å². The Balaban J connectivity index is 2.23. The van der Waals surface area contributed by atoms with Gasteiger partial charge in [0.2, 0.25) is 0 Å². The molecule has 0 spiro atoms. The van der Waals surface area contributed by atoms with Gasteiger partial charge < -0.3 is 10.5 Å². The third-order valence-electron chi connectivity index (χ3n) is 3.06. The minimum absolute atomic E-state index is 0.255. The van der Waals surface area contributed by atoms with E-state index in [4.69, 9.17) is 15.9 Å². The minimum atomic E-state index is -4.50. The van der Waals surface area contributed by atoms with E-state index in [1.165, 1.54) is 23.9 Å². The van der Waals surface area contributed by atoms with Gasteiger partial charge in [-0.1, -0.05) is 0 Å². The zero-order chi connectivity index (χ0) is 14.8. The van der Waals surface area contributed by atoms with E-state index < -0.39 is 17.6 Å². The Morgan fingerprint density at radius 2 is 1.95 bits per heavy atom. The standard InChI is InChI=1S/C13H15F3N2OS/c14-13(15,16)11-2-1-9(7-10(11)12(17)18)20-8-3-5-19-6-4-8/h1-2,7-8H,3-6H2,(H3,17,18). The van der Waals surface area contributed by atoms with Crippen molar-refractivity contribution in [3.63, 3.8) is 0 Å². The van der Waals surface area contributed by atoms with Crippen LogP contribution in [0.1, 0.15) is 24.0 Å². The van der Waals surface area contributed by atoms with Gasteiger partial charge in [0.1, 0.15) is 5.84 Å². The molecule has 1 aliphatic rings. The van der Waals surface area contributed by atoms with Crippen LogP contribution in [0, 0.1) is 5.41 Å². The van der Waals surface area contributed by atoms with Gasteiger partial charge in [-0.05, 0) is 31.0 Å². The molecular weight excluding hydrogens is 289 g/mol. The lowest BCUT2D eigenvalue weighted by molar-refractivity contribution is -0.137. The first-order valence-corrected chi connectivity index (χ1v) is 7.06. The van der Waals surface area contributed by atoms with Crippen molar-refractivity contribution in [3.8, 4) is 0 Å². The lowest BCUT2D eigenvalue weighted by atomic mass is 10.1. The molecule has 3 N–H and O–H groups in total. The fourth-order valence-electron chi connectivity index (χ4n) is 2.05. The Bertz CT molecular complexity index is 499. The quantitative estimate of drug-likeness (QED) is 0.665. The maximum atomic E-state index is 12.8. The SMILES string of the molecule is N=C(N)c1cc(SC2CCOCC2)ccc1C(F)(F)F. The van der Waals surface area contributed by atoms with E-state index in [0.29, 0.717) is 23.4 Å². The molecule has 0 amide bonds. The smallest absolute Gasteiger partial charge is 0.384 e. The van der Waals surface area contributed by atoms with Crippen LogP contribution in [0.5, 0.6) is 0 Å². The number of hydrogen-bond acceptors (Lipinski definition) is 3. The summed E-state index contributed by atoms with van der Waals surface area (Å²) in [5.41, 5.74) is 4.15.